The molecule has 0 spiro atoms. The van der Waals surface area contributed by atoms with Crippen LogP contribution in [0.3, 0.4) is 0 Å². The molecule has 0 amide bonds. The number of aromatic nitrogens is 1. The van der Waals surface area contributed by atoms with Crippen molar-refractivity contribution in [3.05, 3.63) is 101 Å². The summed E-state index contributed by atoms with van der Waals surface area (Å²) in [5.74, 6) is 0. The van der Waals surface area contributed by atoms with Gasteiger partial charge in [-0.3, -0.25) is 4.98 Å². The minimum atomic E-state index is 0.0877. The van der Waals surface area contributed by atoms with E-state index in [0.29, 0.717) is 19.2 Å². The number of rotatable bonds is 8. The number of carbonyl (C=O) groups is 1. The molecule has 1 aromatic heterocycles. The summed E-state index contributed by atoms with van der Waals surface area (Å²) in [6, 6.07) is 12.7. The molecule has 32 heavy (non-hydrogen) atoms. The molecule has 4 heteroatoms. The molecular weight excluding hydrogens is 408 g/mol. The average molecular weight is 439 g/mol. The topological polar surface area (TPSA) is 30.0 Å². The summed E-state index contributed by atoms with van der Waals surface area (Å²) in [6.45, 7) is 16.4. The molecule has 0 fully saturated rings. The quantitative estimate of drug-likeness (QED) is 0.198. The summed E-state index contributed by atoms with van der Waals surface area (Å²) in [5, 5.41) is 2.31. The highest BCUT2D eigenvalue weighted by Gasteiger charge is 2.12. The first-order valence-corrected chi connectivity index (χ1v) is 11.5. The third-order valence-corrected chi connectivity index (χ3v) is 6.39. The number of allylic oxidation sites excluding steroid dienone is 4. The summed E-state index contributed by atoms with van der Waals surface area (Å²) in [4.78, 5) is 17.2. The second-order valence-corrected chi connectivity index (χ2v) is 9.36. The van der Waals surface area contributed by atoms with Gasteiger partial charge in [-0.15, -0.1) is 9.24 Å². The lowest BCUT2D eigenvalue weighted by Gasteiger charge is -2.12. The van der Waals surface area contributed by atoms with Crippen LogP contribution in [0, 0.1) is 13.8 Å². The first-order valence-electron chi connectivity index (χ1n) is 10.9. The van der Waals surface area contributed by atoms with Crippen LogP contribution in [0.15, 0.2) is 73.0 Å². The van der Waals surface area contributed by atoms with Crippen molar-refractivity contribution in [3.8, 4) is 0 Å². The molecule has 0 N–H and O–H groups in total. The SMILES string of the molecule is C=C(/C=C(\C)Cc1ccc2nccc(C)c2c1)C(=O)BCc1cc(C(=C)C)c(C)cc1P. The molecule has 0 bridgehead atoms. The van der Waals surface area contributed by atoms with Crippen molar-refractivity contribution >= 4 is 44.0 Å². The zero-order valence-corrected chi connectivity index (χ0v) is 20.7. The van der Waals surface area contributed by atoms with E-state index >= 15 is 0 Å². The highest BCUT2D eigenvalue weighted by atomic mass is 31.0. The maximum atomic E-state index is 12.7. The van der Waals surface area contributed by atoms with Gasteiger partial charge in [0.25, 0.3) is 0 Å². The molecular formula is C28H31BNOP. The second kappa shape index (κ2) is 10.2. The number of pyridine rings is 1. The van der Waals surface area contributed by atoms with Crippen LogP contribution >= 0.6 is 9.24 Å². The molecule has 3 aromatic rings. The maximum absolute atomic E-state index is 12.7. The highest BCUT2D eigenvalue weighted by Crippen LogP contribution is 2.21. The molecule has 3 rings (SSSR count). The van der Waals surface area contributed by atoms with Gasteiger partial charge in [-0.05, 0) is 97.3 Å². The van der Waals surface area contributed by atoms with Gasteiger partial charge in [-0.25, -0.2) is 0 Å². The van der Waals surface area contributed by atoms with Gasteiger partial charge < -0.3 is 4.79 Å². The molecule has 0 aliphatic rings. The Bertz CT molecular complexity index is 1260. The number of fused-ring (bicyclic) bond motifs is 1. The smallest absolute Gasteiger partial charge is 0.216 e. The van der Waals surface area contributed by atoms with E-state index in [1.165, 1.54) is 27.6 Å². The lowest BCUT2D eigenvalue weighted by Crippen LogP contribution is -2.17. The summed E-state index contributed by atoms with van der Waals surface area (Å²) in [7, 11) is 3.23. The van der Waals surface area contributed by atoms with Crippen LogP contribution in [-0.2, 0) is 17.5 Å². The second-order valence-electron chi connectivity index (χ2n) is 8.74. The Morgan fingerprint density at radius 3 is 2.56 bits per heavy atom. The van der Waals surface area contributed by atoms with Gasteiger partial charge in [-0.2, -0.15) is 0 Å². The third-order valence-electron chi connectivity index (χ3n) is 5.85. The lowest BCUT2D eigenvalue weighted by molar-refractivity contribution is -0.108. The fraction of sp³-hybridized carbons (Fsp3) is 0.214. The van der Waals surface area contributed by atoms with Crippen LogP contribution < -0.4 is 5.30 Å². The predicted molar refractivity (Wildman–Crippen MR) is 144 cm³/mol. The van der Waals surface area contributed by atoms with Gasteiger partial charge in [0.2, 0.25) is 7.28 Å². The van der Waals surface area contributed by atoms with E-state index in [1.54, 1.807) is 0 Å². The van der Waals surface area contributed by atoms with Crippen molar-refractivity contribution in [1.82, 2.24) is 4.98 Å². The lowest BCUT2D eigenvalue weighted by atomic mass is 9.65. The van der Waals surface area contributed by atoms with Gasteiger partial charge >= 0.3 is 0 Å². The normalized spacial score (nSPS) is 11.5. The molecule has 0 aliphatic heterocycles. The zero-order chi connectivity index (χ0) is 23.4. The average Bonchev–Trinajstić information content (AvgIpc) is 2.73. The Hall–Kier alpha value is -2.77. The Labute approximate surface area is 195 Å². The molecule has 2 aromatic carbocycles. The van der Waals surface area contributed by atoms with E-state index in [4.69, 9.17) is 0 Å². The van der Waals surface area contributed by atoms with Crippen LogP contribution in [0.4, 0.5) is 0 Å². The van der Waals surface area contributed by atoms with Gasteiger partial charge in [-0.1, -0.05) is 48.6 Å². The van der Waals surface area contributed by atoms with Crippen LogP contribution in [0.25, 0.3) is 16.5 Å². The van der Waals surface area contributed by atoms with Crippen molar-refractivity contribution in [1.29, 1.82) is 0 Å². The molecule has 0 aliphatic carbocycles. The van der Waals surface area contributed by atoms with E-state index in [1.807, 2.05) is 25.3 Å². The zero-order valence-electron chi connectivity index (χ0n) is 19.6. The largest absolute Gasteiger partial charge is 0.306 e. The Morgan fingerprint density at radius 1 is 1.09 bits per heavy atom. The maximum Gasteiger partial charge on any atom is 0.216 e. The molecule has 0 saturated carbocycles. The Morgan fingerprint density at radius 2 is 1.84 bits per heavy atom. The van der Waals surface area contributed by atoms with Crippen LogP contribution in [0.5, 0.6) is 0 Å². The minimum Gasteiger partial charge on any atom is -0.306 e. The van der Waals surface area contributed by atoms with Gasteiger partial charge in [0.15, 0.2) is 0 Å². The summed E-state index contributed by atoms with van der Waals surface area (Å²) >= 11 is 0. The standard InChI is InChI=1S/C28H31BNOP/c1-17(2)24-15-23(27(32)13-20(24)5)16-29-28(31)21(6)11-18(3)12-22-7-8-26-25(14-22)19(4)9-10-30-26/h7-11,13-15,29H,1,6,12,16,32H2,2-5H3/b18-11+. The first kappa shape index (κ1) is 23.9. The minimum absolute atomic E-state index is 0.0877. The number of hydrogen-bond donors (Lipinski definition) is 0. The van der Waals surface area contributed by atoms with Crippen molar-refractivity contribution in [2.45, 2.75) is 40.4 Å². The van der Waals surface area contributed by atoms with Crippen LogP contribution in [-0.4, -0.2) is 17.9 Å². The van der Waals surface area contributed by atoms with E-state index < -0.39 is 0 Å². The fourth-order valence-electron chi connectivity index (χ4n) is 4.05. The number of hydrogen-bond acceptors (Lipinski definition) is 2. The Balaban J connectivity index is 1.66. The summed E-state index contributed by atoms with van der Waals surface area (Å²) < 4.78 is 0. The van der Waals surface area contributed by atoms with Crippen LogP contribution in [0.2, 0.25) is 0 Å². The number of benzene rings is 2. The predicted octanol–water partition coefficient (Wildman–Crippen LogP) is 5.59. The molecule has 1 unspecified atom stereocenters. The van der Waals surface area contributed by atoms with Gasteiger partial charge in [0, 0.05) is 11.6 Å². The highest BCUT2D eigenvalue weighted by molar-refractivity contribution is 7.27. The monoisotopic (exact) mass is 439 g/mol. The van der Waals surface area contributed by atoms with E-state index in [0.717, 1.165) is 34.0 Å². The van der Waals surface area contributed by atoms with E-state index in [9.17, 15) is 4.79 Å². The van der Waals surface area contributed by atoms with Crippen molar-refractivity contribution in [3.63, 3.8) is 0 Å². The number of aryl methyl sites for hydroxylation is 2. The van der Waals surface area contributed by atoms with E-state index in [-0.39, 0.29) is 5.68 Å². The molecule has 1 atom stereocenters. The van der Waals surface area contributed by atoms with Crippen molar-refractivity contribution < 1.29 is 4.79 Å². The van der Waals surface area contributed by atoms with Crippen LogP contribution in [0.1, 0.15) is 41.7 Å². The molecule has 0 saturated heterocycles. The third kappa shape index (κ3) is 5.72. The molecule has 0 radical (unpaired) electrons. The first-order chi connectivity index (χ1) is 15.2. The van der Waals surface area contributed by atoms with Gasteiger partial charge in [0.1, 0.15) is 5.68 Å². The number of nitrogens with zero attached hydrogens (tertiary/aromatic N) is 1. The molecule has 2 nitrogen and oxygen atoms in total. The Kier molecular flexibility index (Phi) is 7.64. The fourth-order valence-corrected chi connectivity index (χ4v) is 4.53. The molecule has 162 valence electrons. The number of carbonyl (C=O) groups excluding carboxylic acids is 1. The van der Waals surface area contributed by atoms with Gasteiger partial charge in [0.05, 0.1) is 5.52 Å². The van der Waals surface area contributed by atoms with E-state index in [2.05, 4.69) is 78.5 Å². The van der Waals surface area contributed by atoms with Crippen molar-refractivity contribution in [2.24, 2.45) is 0 Å². The summed E-state index contributed by atoms with van der Waals surface area (Å²) in [5.41, 5.74) is 9.80. The summed E-state index contributed by atoms with van der Waals surface area (Å²) in [6.07, 6.45) is 5.25. The van der Waals surface area contributed by atoms with Crippen molar-refractivity contribution in [2.75, 3.05) is 0 Å². The molecule has 1 heterocycles.